The van der Waals surface area contributed by atoms with Crippen molar-refractivity contribution in [2.75, 3.05) is 0 Å². The summed E-state index contributed by atoms with van der Waals surface area (Å²) >= 11 is 3.54. The van der Waals surface area contributed by atoms with Crippen molar-refractivity contribution in [3.05, 3.63) is 16.4 Å². The third-order valence-corrected chi connectivity index (χ3v) is 4.73. The van der Waals surface area contributed by atoms with Gasteiger partial charge in [-0.1, -0.05) is 6.92 Å². The molecule has 102 valence electrons. The normalized spacial score (nSPS) is 33.9. The van der Waals surface area contributed by atoms with E-state index in [1.807, 2.05) is 11.7 Å². The Morgan fingerprint density at radius 1 is 1.44 bits per heavy atom. The molecule has 1 fully saturated rings. The summed E-state index contributed by atoms with van der Waals surface area (Å²) in [5, 5.41) is 4.26. The van der Waals surface area contributed by atoms with Gasteiger partial charge in [0, 0.05) is 13.0 Å². The van der Waals surface area contributed by atoms with E-state index < -0.39 is 0 Å². The molecule has 5 atom stereocenters. The van der Waals surface area contributed by atoms with Crippen LogP contribution in [0.4, 0.5) is 0 Å². The lowest BCUT2D eigenvalue weighted by atomic mass is 9.82. The predicted octanol–water partition coefficient (Wildman–Crippen LogP) is 1.75. The molecular weight excluding hydrogens is 296 g/mol. The van der Waals surface area contributed by atoms with Crippen molar-refractivity contribution in [2.45, 2.75) is 39.0 Å². The van der Waals surface area contributed by atoms with E-state index in [1.54, 1.807) is 6.20 Å². The number of hydrazine groups is 1. The van der Waals surface area contributed by atoms with Crippen LogP contribution in [0.2, 0.25) is 0 Å². The zero-order chi connectivity index (χ0) is 13.4. The van der Waals surface area contributed by atoms with Gasteiger partial charge in [-0.25, -0.2) is 0 Å². The van der Waals surface area contributed by atoms with E-state index in [1.165, 1.54) is 0 Å². The maximum atomic E-state index is 5.91. The molecular formula is C12H21BrN4O. The van der Waals surface area contributed by atoms with E-state index in [4.69, 9.17) is 10.6 Å². The minimum atomic E-state index is 0.0295. The molecule has 0 aromatic carbocycles. The topological polar surface area (TPSA) is 65.1 Å². The lowest BCUT2D eigenvalue weighted by molar-refractivity contribution is 0.0471. The Bertz CT molecular complexity index is 403. The van der Waals surface area contributed by atoms with Gasteiger partial charge in [-0.15, -0.1) is 0 Å². The summed E-state index contributed by atoms with van der Waals surface area (Å²) < 4.78 is 8.74. The second-order valence-corrected chi connectivity index (χ2v) is 5.98. The van der Waals surface area contributed by atoms with Crippen LogP contribution in [0.1, 0.15) is 32.5 Å². The van der Waals surface area contributed by atoms with Crippen LogP contribution in [0, 0.1) is 11.8 Å². The SMILES string of the molecule is CC1OC(C)C(C(NN)c2c(Br)cnn2C)C1C. The first-order valence-corrected chi connectivity index (χ1v) is 7.05. The minimum absolute atomic E-state index is 0.0295. The number of nitrogens with two attached hydrogens (primary N) is 1. The number of aromatic nitrogens is 2. The van der Waals surface area contributed by atoms with Crippen LogP contribution in [0.25, 0.3) is 0 Å². The maximum Gasteiger partial charge on any atom is 0.0709 e. The van der Waals surface area contributed by atoms with Gasteiger partial charge in [-0.05, 0) is 35.7 Å². The number of hydrogen-bond donors (Lipinski definition) is 2. The molecule has 3 N–H and O–H groups in total. The van der Waals surface area contributed by atoms with Gasteiger partial charge in [0.05, 0.1) is 34.6 Å². The van der Waals surface area contributed by atoms with Crippen LogP contribution < -0.4 is 11.3 Å². The Labute approximate surface area is 116 Å². The number of hydrogen-bond acceptors (Lipinski definition) is 4. The van der Waals surface area contributed by atoms with Crippen LogP contribution in [0.5, 0.6) is 0 Å². The third kappa shape index (κ3) is 2.22. The highest BCUT2D eigenvalue weighted by molar-refractivity contribution is 9.10. The molecule has 0 amide bonds. The van der Waals surface area contributed by atoms with Crippen molar-refractivity contribution in [3.8, 4) is 0 Å². The van der Waals surface area contributed by atoms with E-state index in [0.717, 1.165) is 10.2 Å². The summed E-state index contributed by atoms with van der Waals surface area (Å²) in [5.74, 6) is 6.56. The second kappa shape index (κ2) is 5.28. The van der Waals surface area contributed by atoms with E-state index >= 15 is 0 Å². The molecule has 0 bridgehead atoms. The number of aryl methyl sites for hydroxylation is 1. The van der Waals surface area contributed by atoms with Gasteiger partial charge in [-0.2, -0.15) is 5.10 Å². The lowest BCUT2D eigenvalue weighted by Gasteiger charge is -2.28. The van der Waals surface area contributed by atoms with Gasteiger partial charge >= 0.3 is 0 Å². The standard InChI is InChI=1S/C12H21BrN4O/c1-6-7(2)18-8(3)10(6)11(16-14)12-9(13)5-15-17(12)4/h5-8,10-11,16H,14H2,1-4H3. The highest BCUT2D eigenvalue weighted by Crippen LogP contribution is 2.41. The average Bonchev–Trinajstić information content (AvgIpc) is 2.76. The molecule has 5 nitrogen and oxygen atoms in total. The highest BCUT2D eigenvalue weighted by Gasteiger charge is 2.43. The van der Waals surface area contributed by atoms with Gasteiger partial charge in [0.25, 0.3) is 0 Å². The molecule has 6 heteroatoms. The summed E-state index contributed by atoms with van der Waals surface area (Å²) in [7, 11) is 1.93. The number of nitrogens with zero attached hydrogens (tertiary/aromatic N) is 2. The van der Waals surface area contributed by atoms with E-state index in [-0.39, 0.29) is 18.2 Å². The highest BCUT2D eigenvalue weighted by atomic mass is 79.9. The molecule has 2 rings (SSSR count). The Morgan fingerprint density at radius 2 is 2.11 bits per heavy atom. The van der Waals surface area contributed by atoms with Gasteiger partial charge < -0.3 is 4.74 Å². The summed E-state index contributed by atoms with van der Waals surface area (Å²) in [4.78, 5) is 0. The number of halogens is 1. The van der Waals surface area contributed by atoms with Gasteiger partial charge in [0.15, 0.2) is 0 Å². The van der Waals surface area contributed by atoms with Crippen molar-refractivity contribution in [2.24, 2.45) is 24.7 Å². The zero-order valence-corrected chi connectivity index (χ0v) is 12.8. The van der Waals surface area contributed by atoms with E-state index in [2.05, 4.69) is 47.2 Å². The molecule has 1 saturated heterocycles. The van der Waals surface area contributed by atoms with Crippen molar-refractivity contribution in [3.63, 3.8) is 0 Å². The second-order valence-electron chi connectivity index (χ2n) is 5.13. The van der Waals surface area contributed by atoms with Crippen LogP contribution in [-0.4, -0.2) is 22.0 Å². The fourth-order valence-electron chi connectivity index (χ4n) is 3.01. The Hall–Kier alpha value is -0.430. The van der Waals surface area contributed by atoms with Gasteiger partial charge in [0.1, 0.15) is 0 Å². The number of nitrogens with one attached hydrogen (secondary N) is 1. The maximum absolute atomic E-state index is 5.91. The monoisotopic (exact) mass is 316 g/mol. The third-order valence-electron chi connectivity index (χ3n) is 4.12. The fourth-order valence-corrected chi connectivity index (χ4v) is 3.61. The van der Waals surface area contributed by atoms with Gasteiger partial charge in [0.2, 0.25) is 0 Å². The first-order valence-electron chi connectivity index (χ1n) is 6.26. The first-order chi connectivity index (χ1) is 8.47. The first kappa shape index (κ1) is 14.0. The van der Waals surface area contributed by atoms with E-state index in [0.29, 0.717) is 11.8 Å². The molecule has 0 aliphatic carbocycles. The number of ether oxygens (including phenoxy) is 1. The van der Waals surface area contributed by atoms with Crippen molar-refractivity contribution >= 4 is 15.9 Å². The smallest absolute Gasteiger partial charge is 0.0709 e. The molecule has 0 saturated carbocycles. The molecule has 1 aromatic heterocycles. The average molecular weight is 317 g/mol. The van der Waals surface area contributed by atoms with Crippen molar-refractivity contribution < 1.29 is 4.74 Å². The summed E-state index contributed by atoms with van der Waals surface area (Å²) in [6.07, 6.45) is 2.24. The molecule has 0 radical (unpaired) electrons. The lowest BCUT2D eigenvalue weighted by Crippen LogP contribution is -2.39. The summed E-state index contributed by atoms with van der Waals surface area (Å²) in [5.41, 5.74) is 4.01. The van der Waals surface area contributed by atoms with Gasteiger partial charge in [-0.3, -0.25) is 16.0 Å². The van der Waals surface area contributed by atoms with Crippen LogP contribution in [-0.2, 0) is 11.8 Å². The molecule has 2 heterocycles. The molecule has 0 spiro atoms. The van der Waals surface area contributed by atoms with Crippen LogP contribution >= 0.6 is 15.9 Å². The fraction of sp³-hybridized carbons (Fsp3) is 0.750. The zero-order valence-electron chi connectivity index (χ0n) is 11.2. The molecule has 1 aliphatic rings. The summed E-state index contributed by atoms with van der Waals surface area (Å²) in [6.45, 7) is 6.44. The molecule has 18 heavy (non-hydrogen) atoms. The minimum Gasteiger partial charge on any atom is -0.375 e. The van der Waals surface area contributed by atoms with Crippen LogP contribution in [0.3, 0.4) is 0 Å². The largest absolute Gasteiger partial charge is 0.375 e. The predicted molar refractivity (Wildman–Crippen MR) is 73.6 cm³/mol. The molecule has 1 aliphatic heterocycles. The van der Waals surface area contributed by atoms with E-state index in [9.17, 15) is 0 Å². The Balaban J connectivity index is 2.35. The van der Waals surface area contributed by atoms with Crippen molar-refractivity contribution in [1.82, 2.24) is 15.2 Å². The number of rotatable bonds is 3. The Morgan fingerprint density at radius 3 is 2.50 bits per heavy atom. The summed E-state index contributed by atoms with van der Waals surface area (Å²) in [6, 6.07) is 0.0295. The molecule has 5 unspecified atom stereocenters. The van der Waals surface area contributed by atoms with Crippen molar-refractivity contribution in [1.29, 1.82) is 0 Å². The Kier molecular flexibility index (Phi) is 4.11. The quantitative estimate of drug-likeness (QED) is 0.658. The van der Waals surface area contributed by atoms with Crippen LogP contribution in [0.15, 0.2) is 10.7 Å². The molecule has 1 aromatic rings.